The van der Waals surface area contributed by atoms with Crippen LogP contribution in [0.25, 0.3) is 0 Å². The maximum absolute atomic E-state index is 12.2. The average molecular weight is 240 g/mol. The Morgan fingerprint density at radius 3 is 2.47 bits per heavy atom. The normalized spacial score (nSPS) is 17.2. The second-order valence-corrected chi connectivity index (χ2v) is 5.66. The van der Waals surface area contributed by atoms with Gasteiger partial charge in [-0.25, -0.2) is 0 Å². The molecule has 0 saturated heterocycles. The van der Waals surface area contributed by atoms with Gasteiger partial charge in [-0.3, -0.25) is 4.79 Å². The molecule has 100 valence electrons. The van der Waals surface area contributed by atoms with Crippen LogP contribution in [-0.4, -0.2) is 36.0 Å². The molecule has 0 aliphatic heterocycles. The Balaban J connectivity index is 2.37. The number of rotatable bonds is 8. The molecule has 17 heavy (non-hydrogen) atoms. The zero-order valence-electron chi connectivity index (χ0n) is 11.8. The Morgan fingerprint density at radius 2 is 2.00 bits per heavy atom. The largest absolute Gasteiger partial charge is 0.340 e. The molecule has 1 atom stereocenters. The Bertz CT molecular complexity index is 236. The third kappa shape index (κ3) is 5.53. The van der Waals surface area contributed by atoms with Crippen LogP contribution >= 0.6 is 0 Å². The maximum Gasteiger partial charge on any atom is 0.224 e. The van der Waals surface area contributed by atoms with E-state index in [-0.39, 0.29) is 0 Å². The van der Waals surface area contributed by atoms with Gasteiger partial charge >= 0.3 is 0 Å². The molecular formula is C14H28N2O. The van der Waals surface area contributed by atoms with E-state index < -0.39 is 0 Å². The lowest BCUT2D eigenvalue weighted by atomic mass is 10.1. The quantitative estimate of drug-likeness (QED) is 0.706. The lowest BCUT2D eigenvalue weighted by Crippen LogP contribution is -2.39. The van der Waals surface area contributed by atoms with Crippen molar-refractivity contribution < 1.29 is 4.79 Å². The highest BCUT2D eigenvalue weighted by atomic mass is 16.2. The third-order valence-electron chi connectivity index (χ3n) is 3.29. The minimum absolute atomic E-state index is 0.299. The van der Waals surface area contributed by atoms with Crippen molar-refractivity contribution in [2.45, 2.75) is 65.5 Å². The van der Waals surface area contributed by atoms with Gasteiger partial charge in [0.05, 0.1) is 0 Å². The predicted molar refractivity (Wildman–Crippen MR) is 71.9 cm³/mol. The van der Waals surface area contributed by atoms with Crippen LogP contribution < -0.4 is 5.32 Å². The van der Waals surface area contributed by atoms with Crippen LogP contribution in [0, 0.1) is 5.92 Å². The molecule has 3 nitrogen and oxygen atoms in total. The Kier molecular flexibility index (Phi) is 5.96. The second kappa shape index (κ2) is 7.00. The molecule has 0 aromatic rings. The molecule has 3 heteroatoms. The first-order valence-electron chi connectivity index (χ1n) is 7.07. The van der Waals surface area contributed by atoms with Crippen molar-refractivity contribution in [1.29, 1.82) is 0 Å². The molecule has 1 rings (SSSR count). The van der Waals surface area contributed by atoms with Gasteiger partial charge in [0, 0.05) is 25.0 Å². The maximum atomic E-state index is 12.2. The summed E-state index contributed by atoms with van der Waals surface area (Å²) in [6, 6.07) is 0.850. The number of nitrogens with one attached hydrogen (secondary N) is 1. The Hall–Kier alpha value is -0.570. The molecule has 0 aromatic carbocycles. The number of carbonyl (C=O) groups is 1. The summed E-state index contributed by atoms with van der Waals surface area (Å²) >= 11 is 0. The van der Waals surface area contributed by atoms with Crippen molar-refractivity contribution in [2.75, 3.05) is 13.1 Å². The van der Waals surface area contributed by atoms with Crippen LogP contribution in [0.4, 0.5) is 0 Å². The lowest BCUT2D eigenvalue weighted by Gasteiger charge is -2.25. The van der Waals surface area contributed by atoms with E-state index in [1.165, 1.54) is 12.8 Å². The highest BCUT2D eigenvalue weighted by molar-refractivity contribution is 5.77. The molecule has 1 unspecified atom stereocenters. The van der Waals surface area contributed by atoms with Crippen molar-refractivity contribution in [2.24, 2.45) is 5.92 Å². The van der Waals surface area contributed by atoms with Crippen LogP contribution in [0.1, 0.15) is 53.4 Å². The van der Waals surface area contributed by atoms with Crippen LogP contribution in [0.5, 0.6) is 0 Å². The summed E-state index contributed by atoms with van der Waals surface area (Å²) in [7, 11) is 0. The van der Waals surface area contributed by atoms with Crippen molar-refractivity contribution in [3.05, 3.63) is 0 Å². The highest BCUT2D eigenvalue weighted by Crippen LogP contribution is 2.28. The Labute approximate surface area is 106 Å². The molecule has 1 saturated carbocycles. The summed E-state index contributed by atoms with van der Waals surface area (Å²) in [4.78, 5) is 14.3. The molecule has 0 heterocycles. The van der Waals surface area contributed by atoms with Gasteiger partial charge in [-0.15, -0.1) is 0 Å². The van der Waals surface area contributed by atoms with Gasteiger partial charge in [0.25, 0.3) is 0 Å². The van der Waals surface area contributed by atoms with E-state index >= 15 is 0 Å². The van der Waals surface area contributed by atoms with E-state index in [0.717, 1.165) is 19.5 Å². The van der Waals surface area contributed by atoms with Gasteiger partial charge in [-0.1, -0.05) is 20.8 Å². The van der Waals surface area contributed by atoms with Gasteiger partial charge in [0.2, 0.25) is 5.91 Å². The monoisotopic (exact) mass is 240 g/mol. The fraction of sp³-hybridized carbons (Fsp3) is 0.929. The molecule has 0 spiro atoms. The van der Waals surface area contributed by atoms with Gasteiger partial charge in [0.1, 0.15) is 0 Å². The first-order chi connectivity index (χ1) is 8.04. The summed E-state index contributed by atoms with van der Waals surface area (Å²) < 4.78 is 0. The standard InChI is InChI=1S/C14H28N2O/c1-5-15-12(4)10-14(17)16(13-6-7-13)9-8-11(2)3/h11-13,15H,5-10H2,1-4H3. The third-order valence-corrected chi connectivity index (χ3v) is 3.29. The molecule has 1 amide bonds. The molecule has 0 radical (unpaired) electrons. The number of carbonyl (C=O) groups excluding carboxylic acids is 1. The molecular weight excluding hydrogens is 212 g/mol. The van der Waals surface area contributed by atoms with E-state index in [0.29, 0.717) is 30.3 Å². The van der Waals surface area contributed by atoms with Gasteiger partial charge in [-0.2, -0.15) is 0 Å². The highest BCUT2D eigenvalue weighted by Gasteiger charge is 2.32. The van der Waals surface area contributed by atoms with Gasteiger partial charge in [-0.05, 0) is 38.6 Å². The summed E-state index contributed by atoms with van der Waals surface area (Å²) in [6.45, 7) is 10.5. The average Bonchev–Trinajstić information content (AvgIpc) is 3.01. The number of hydrogen-bond acceptors (Lipinski definition) is 2. The fourth-order valence-electron chi connectivity index (χ4n) is 2.09. The SMILES string of the molecule is CCNC(C)CC(=O)N(CCC(C)C)C1CC1. The van der Waals surface area contributed by atoms with E-state index in [9.17, 15) is 4.79 Å². The number of hydrogen-bond donors (Lipinski definition) is 1. The molecule has 1 aliphatic carbocycles. The lowest BCUT2D eigenvalue weighted by molar-refractivity contribution is -0.132. The summed E-state index contributed by atoms with van der Waals surface area (Å²) in [5, 5.41) is 3.31. The molecule has 1 fully saturated rings. The van der Waals surface area contributed by atoms with Crippen molar-refractivity contribution >= 4 is 5.91 Å². The summed E-state index contributed by atoms with van der Waals surface area (Å²) in [5.41, 5.74) is 0. The second-order valence-electron chi connectivity index (χ2n) is 5.66. The molecule has 1 aliphatic rings. The summed E-state index contributed by atoms with van der Waals surface area (Å²) in [6.07, 6.45) is 4.18. The minimum atomic E-state index is 0.299. The van der Waals surface area contributed by atoms with E-state index in [4.69, 9.17) is 0 Å². The van der Waals surface area contributed by atoms with E-state index in [2.05, 4.69) is 37.9 Å². The smallest absolute Gasteiger partial charge is 0.224 e. The van der Waals surface area contributed by atoms with Gasteiger partial charge in [0.15, 0.2) is 0 Å². The summed E-state index contributed by atoms with van der Waals surface area (Å²) in [5.74, 6) is 1.01. The fourth-order valence-corrected chi connectivity index (χ4v) is 2.09. The van der Waals surface area contributed by atoms with Crippen LogP contribution in [-0.2, 0) is 4.79 Å². The molecule has 1 N–H and O–H groups in total. The van der Waals surface area contributed by atoms with Crippen LogP contribution in [0.2, 0.25) is 0 Å². The first kappa shape index (κ1) is 14.5. The van der Waals surface area contributed by atoms with Crippen molar-refractivity contribution in [3.8, 4) is 0 Å². The van der Waals surface area contributed by atoms with Crippen molar-refractivity contribution in [1.82, 2.24) is 10.2 Å². The topological polar surface area (TPSA) is 32.3 Å². The minimum Gasteiger partial charge on any atom is -0.340 e. The van der Waals surface area contributed by atoms with Crippen molar-refractivity contribution in [3.63, 3.8) is 0 Å². The van der Waals surface area contributed by atoms with Crippen LogP contribution in [0.15, 0.2) is 0 Å². The van der Waals surface area contributed by atoms with Crippen LogP contribution in [0.3, 0.4) is 0 Å². The van der Waals surface area contributed by atoms with E-state index in [1.807, 2.05) is 0 Å². The predicted octanol–water partition coefficient (Wildman–Crippen LogP) is 2.41. The Morgan fingerprint density at radius 1 is 1.35 bits per heavy atom. The molecule has 0 aromatic heterocycles. The van der Waals surface area contributed by atoms with Gasteiger partial charge < -0.3 is 10.2 Å². The number of nitrogens with zero attached hydrogens (tertiary/aromatic N) is 1. The molecule has 0 bridgehead atoms. The zero-order chi connectivity index (χ0) is 12.8. The zero-order valence-corrected chi connectivity index (χ0v) is 11.8. The number of amides is 1. The van der Waals surface area contributed by atoms with E-state index in [1.54, 1.807) is 0 Å². The first-order valence-corrected chi connectivity index (χ1v) is 7.07.